The first-order chi connectivity index (χ1) is 2.64. The Labute approximate surface area is 52.6 Å². The third kappa shape index (κ3) is 5.96. The number of hydrogen-bond acceptors (Lipinski definition) is 2. The van der Waals surface area contributed by atoms with Crippen LogP contribution in [0.2, 0.25) is 0 Å². The van der Waals surface area contributed by atoms with Crippen molar-refractivity contribution in [2.24, 2.45) is 5.73 Å². The first-order valence-electron chi connectivity index (χ1n) is 1.63. The fourth-order valence-corrected chi connectivity index (χ4v) is 0. The summed E-state index contributed by atoms with van der Waals surface area (Å²) in [5.41, 5.74) is 4.84. The first kappa shape index (κ1) is 10.1. The second-order valence-corrected chi connectivity index (χ2v) is 1.13. The van der Waals surface area contributed by atoms with E-state index in [4.69, 9.17) is 10.8 Å². The van der Waals surface area contributed by atoms with E-state index in [1.807, 2.05) is 0 Å². The molecule has 0 aliphatic rings. The van der Waals surface area contributed by atoms with Crippen molar-refractivity contribution in [3.8, 4) is 0 Å². The minimum Gasteiger partial charge on any atom is -0.480 e. The third-order valence-electron chi connectivity index (χ3n) is 0.390. The summed E-state index contributed by atoms with van der Waals surface area (Å²) in [6, 6.07) is -0.731. The molecule has 0 aromatic rings. The molecule has 42 valence electrons. The highest BCUT2D eigenvalue weighted by Crippen LogP contribution is 1.68. The summed E-state index contributed by atoms with van der Waals surface area (Å²) >= 11 is 0. The molecule has 0 aromatic heterocycles. The fourth-order valence-electron chi connectivity index (χ4n) is 0. The van der Waals surface area contributed by atoms with Crippen molar-refractivity contribution in [1.82, 2.24) is 0 Å². The molecule has 0 heterocycles. The maximum Gasteiger partial charge on any atom is 0.320 e. The summed E-state index contributed by atoms with van der Waals surface area (Å²) in [6.07, 6.45) is 0. The van der Waals surface area contributed by atoms with Crippen molar-refractivity contribution >= 4 is 23.3 Å². The van der Waals surface area contributed by atoms with Crippen molar-refractivity contribution in [1.29, 1.82) is 0 Å². The van der Waals surface area contributed by atoms with Gasteiger partial charge in [-0.1, -0.05) is 0 Å². The molecular weight excluding hydrogens is 109 g/mol. The van der Waals surface area contributed by atoms with Crippen LogP contribution in [0, 0.1) is 0 Å². The van der Waals surface area contributed by atoms with Crippen LogP contribution in [-0.2, 0) is 4.79 Å². The van der Waals surface area contributed by atoms with Gasteiger partial charge in [0.05, 0.1) is 0 Å². The van der Waals surface area contributed by atoms with Crippen LogP contribution in [0.3, 0.4) is 0 Å². The Balaban J connectivity index is 0. The first-order valence-corrected chi connectivity index (χ1v) is 1.63. The van der Waals surface area contributed by atoms with Gasteiger partial charge in [0, 0.05) is 0 Å². The molecule has 3 N–H and O–H groups in total. The Kier molecular flexibility index (Phi) is 5.93. The van der Waals surface area contributed by atoms with E-state index >= 15 is 0 Å². The average molecular weight is 119 g/mol. The Hall–Kier alpha value is -0.0375. The number of carboxylic acids is 1. The molecule has 0 radical (unpaired) electrons. The highest BCUT2D eigenvalue weighted by molar-refractivity contribution is 5.75. The van der Waals surface area contributed by atoms with Gasteiger partial charge in [-0.3, -0.25) is 4.79 Å². The lowest BCUT2D eigenvalue weighted by Crippen LogP contribution is -2.25. The maximum atomic E-state index is 9.57. The highest BCUT2D eigenvalue weighted by Gasteiger charge is 1.99. The molecule has 0 aliphatic heterocycles. The van der Waals surface area contributed by atoms with Gasteiger partial charge >= 0.3 is 5.97 Å². The lowest BCUT2D eigenvalue weighted by atomic mass is 10.4. The fraction of sp³-hybridized carbons (Fsp3) is 0.667. The zero-order valence-corrected chi connectivity index (χ0v) is 3.51. The molecule has 0 rings (SSSR count). The molecule has 0 aliphatic carbocycles. The molecule has 0 spiro atoms. The van der Waals surface area contributed by atoms with Crippen LogP contribution in [0.4, 0.5) is 0 Å². The van der Waals surface area contributed by atoms with Crippen molar-refractivity contribution in [2.75, 3.05) is 0 Å². The van der Waals surface area contributed by atoms with Gasteiger partial charge in [-0.2, -0.15) is 0 Å². The quantitative estimate of drug-likeness (QED) is 0.402. The van der Waals surface area contributed by atoms with E-state index < -0.39 is 12.0 Å². The summed E-state index contributed by atoms with van der Waals surface area (Å²) in [6.45, 7) is 1.42. The summed E-state index contributed by atoms with van der Waals surface area (Å²) in [5, 5.41) is 7.87. The van der Waals surface area contributed by atoms with Crippen molar-refractivity contribution < 1.29 is 9.90 Å². The van der Waals surface area contributed by atoms with E-state index in [2.05, 4.69) is 0 Å². The number of nitrogens with two attached hydrogens (primary N) is 1. The number of carboxylic acid groups (broad SMARTS) is 1. The van der Waals surface area contributed by atoms with E-state index in [0.29, 0.717) is 0 Å². The maximum absolute atomic E-state index is 9.57. The number of aliphatic carboxylic acids is 1. The van der Waals surface area contributed by atoms with Gasteiger partial charge < -0.3 is 10.8 Å². The summed E-state index contributed by atoms with van der Waals surface area (Å²) in [7, 11) is 0. The molecule has 0 fully saturated rings. The zero-order valence-electron chi connectivity index (χ0n) is 3.51. The summed E-state index contributed by atoms with van der Waals surface area (Å²) < 4.78 is 0. The molecule has 0 bridgehead atoms. The van der Waals surface area contributed by atoms with Gasteiger partial charge in [0.2, 0.25) is 0 Å². The third-order valence-corrected chi connectivity index (χ3v) is 0.390. The molecule has 0 aromatic carbocycles. The number of carbonyl (C=O) groups is 1. The Morgan fingerprint density at radius 2 is 2.00 bits per heavy atom. The van der Waals surface area contributed by atoms with Crippen LogP contribution in [0.5, 0.6) is 0 Å². The topological polar surface area (TPSA) is 63.3 Å². The average Bonchev–Trinajstić information content (AvgIpc) is 1.36. The predicted molar refractivity (Wildman–Crippen MR) is 31.2 cm³/mol. The minimum absolute atomic E-state index is 0. The Morgan fingerprint density at radius 3 is 2.00 bits per heavy atom. The molecule has 0 saturated carbocycles. The van der Waals surface area contributed by atoms with Gasteiger partial charge in [-0.15, -0.1) is 0 Å². The van der Waals surface area contributed by atoms with Gasteiger partial charge in [-0.05, 0) is 6.92 Å². The minimum atomic E-state index is -0.963. The van der Waals surface area contributed by atoms with Crippen LogP contribution in [0.25, 0.3) is 0 Å². The van der Waals surface area contributed by atoms with Gasteiger partial charge in [0.15, 0.2) is 17.4 Å². The largest absolute Gasteiger partial charge is 0.480 e. The second kappa shape index (κ2) is 4.13. The van der Waals surface area contributed by atoms with Gasteiger partial charge in [0.1, 0.15) is 6.04 Å². The lowest BCUT2D eigenvalue weighted by molar-refractivity contribution is -0.138. The standard InChI is InChI=1S/C3H7NO2.Al.3H/c1-2(4)3(5)6;;;;/h2H,4H2,1H3,(H,5,6);;;;. The Morgan fingerprint density at radius 1 is 1.86 bits per heavy atom. The van der Waals surface area contributed by atoms with E-state index in [0.717, 1.165) is 0 Å². The van der Waals surface area contributed by atoms with Crippen molar-refractivity contribution in [2.45, 2.75) is 13.0 Å². The van der Waals surface area contributed by atoms with Crippen LogP contribution in [-0.4, -0.2) is 34.5 Å². The molecule has 0 amide bonds. The van der Waals surface area contributed by atoms with Gasteiger partial charge in [0.25, 0.3) is 0 Å². The molecule has 4 heteroatoms. The van der Waals surface area contributed by atoms with Crippen LogP contribution in [0.15, 0.2) is 0 Å². The highest BCUT2D eigenvalue weighted by atomic mass is 27.0. The van der Waals surface area contributed by atoms with Gasteiger partial charge in [-0.25, -0.2) is 0 Å². The van der Waals surface area contributed by atoms with E-state index in [9.17, 15) is 4.79 Å². The van der Waals surface area contributed by atoms with Crippen LogP contribution >= 0.6 is 0 Å². The van der Waals surface area contributed by atoms with E-state index in [1.54, 1.807) is 0 Å². The molecule has 0 saturated heterocycles. The smallest absolute Gasteiger partial charge is 0.320 e. The summed E-state index contributed by atoms with van der Waals surface area (Å²) in [4.78, 5) is 9.57. The van der Waals surface area contributed by atoms with Crippen LogP contribution in [0.1, 0.15) is 6.92 Å². The number of rotatable bonds is 1. The summed E-state index contributed by atoms with van der Waals surface area (Å²) in [5.74, 6) is -0.963. The van der Waals surface area contributed by atoms with E-state index in [-0.39, 0.29) is 17.4 Å². The normalized spacial score (nSPS) is 11.7. The molecule has 7 heavy (non-hydrogen) atoms. The predicted octanol–water partition coefficient (Wildman–Crippen LogP) is -1.77. The van der Waals surface area contributed by atoms with Crippen molar-refractivity contribution in [3.63, 3.8) is 0 Å². The zero-order chi connectivity index (χ0) is 5.15. The molecule has 1 atom stereocenters. The molecular formula is C3H10AlNO2. The molecule has 3 nitrogen and oxygen atoms in total. The second-order valence-electron chi connectivity index (χ2n) is 1.13. The Bertz CT molecular complexity index is 64.0. The molecule has 1 unspecified atom stereocenters. The lowest BCUT2D eigenvalue weighted by Gasteiger charge is -1.90. The van der Waals surface area contributed by atoms with Crippen molar-refractivity contribution in [3.05, 3.63) is 0 Å². The van der Waals surface area contributed by atoms with Crippen LogP contribution < -0.4 is 5.73 Å². The SMILES string of the molecule is CC(N)C(=O)O.[AlH3]. The monoisotopic (exact) mass is 119 g/mol. The van der Waals surface area contributed by atoms with E-state index in [1.165, 1.54) is 6.92 Å². The number of hydrogen-bond donors (Lipinski definition) is 2.